The van der Waals surface area contributed by atoms with Crippen molar-refractivity contribution in [1.29, 1.82) is 0 Å². The number of sulfonamides is 1. The Labute approximate surface area is 155 Å². The van der Waals surface area contributed by atoms with E-state index in [1.165, 1.54) is 4.31 Å². The van der Waals surface area contributed by atoms with Crippen molar-refractivity contribution < 1.29 is 22.7 Å². The number of nitrogens with zero attached hydrogens (tertiary/aromatic N) is 1. The fourth-order valence-electron chi connectivity index (χ4n) is 2.74. The van der Waals surface area contributed by atoms with E-state index in [1.807, 2.05) is 13.8 Å². The SMILES string of the molecule is C=CCOc1ccc(C(=O)NCCS(=O)(=O)N2CC(C)OC(C)C2)cc1. The largest absolute Gasteiger partial charge is 0.490 e. The predicted octanol–water partition coefficient (Wildman–Crippen LogP) is 1.42. The van der Waals surface area contributed by atoms with E-state index in [2.05, 4.69) is 11.9 Å². The van der Waals surface area contributed by atoms with Crippen LogP contribution in [0, 0.1) is 0 Å². The predicted molar refractivity (Wildman–Crippen MR) is 99.8 cm³/mol. The lowest BCUT2D eigenvalue weighted by Gasteiger charge is -2.34. The summed E-state index contributed by atoms with van der Waals surface area (Å²) in [5.74, 6) is 0.178. The second kappa shape index (κ2) is 9.16. The molecule has 2 unspecified atom stereocenters. The molecule has 26 heavy (non-hydrogen) atoms. The summed E-state index contributed by atoms with van der Waals surface area (Å²) in [6.45, 7) is 8.39. The van der Waals surface area contributed by atoms with Crippen LogP contribution < -0.4 is 10.1 Å². The maximum atomic E-state index is 12.4. The molecule has 0 saturated carbocycles. The smallest absolute Gasteiger partial charge is 0.251 e. The van der Waals surface area contributed by atoms with Crippen LogP contribution in [-0.2, 0) is 14.8 Å². The van der Waals surface area contributed by atoms with Crippen molar-refractivity contribution in [2.45, 2.75) is 26.1 Å². The van der Waals surface area contributed by atoms with Crippen molar-refractivity contribution in [2.24, 2.45) is 0 Å². The molecular weight excluding hydrogens is 356 g/mol. The van der Waals surface area contributed by atoms with Crippen LogP contribution in [-0.4, -0.2) is 62.8 Å². The molecule has 2 atom stereocenters. The van der Waals surface area contributed by atoms with Crippen molar-refractivity contribution in [3.63, 3.8) is 0 Å². The highest BCUT2D eigenvalue weighted by Crippen LogP contribution is 2.15. The second-order valence-electron chi connectivity index (χ2n) is 6.27. The first kappa shape index (κ1) is 20.4. The summed E-state index contributed by atoms with van der Waals surface area (Å²) in [6.07, 6.45) is 1.37. The molecule has 1 heterocycles. The first-order chi connectivity index (χ1) is 12.3. The van der Waals surface area contributed by atoms with Crippen LogP contribution >= 0.6 is 0 Å². The van der Waals surface area contributed by atoms with Gasteiger partial charge >= 0.3 is 0 Å². The molecule has 1 aliphatic heterocycles. The molecule has 0 aliphatic carbocycles. The fourth-order valence-corrected chi connectivity index (χ4v) is 4.23. The molecule has 144 valence electrons. The molecule has 2 rings (SSSR count). The summed E-state index contributed by atoms with van der Waals surface area (Å²) >= 11 is 0. The molecule has 1 aromatic carbocycles. The van der Waals surface area contributed by atoms with Gasteiger partial charge in [-0.15, -0.1) is 0 Å². The summed E-state index contributed by atoms with van der Waals surface area (Å²) < 4.78 is 37.2. The van der Waals surface area contributed by atoms with Crippen LogP contribution in [0.4, 0.5) is 0 Å². The number of amides is 1. The quantitative estimate of drug-likeness (QED) is 0.688. The standard InChI is InChI=1S/C18H26N2O5S/c1-4-10-24-17-7-5-16(6-8-17)18(21)19-9-11-26(22,23)20-12-14(2)25-15(3)13-20/h4-8,14-15H,1,9-13H2,2-3H3,(H,19,21). The van der Waals surface area contributed by atoms with Crippen molar-refractivity contribution in [3.8, 4) is 5.75 Å². The van der Waals surface area contributed by atoms with E-state index in [-0.39, 0.29) is 30.4 Å². The van der Waals surface area contributed by atoms with Crippen molar-refractivity contribution >= 4 is 15.9 Å². The average Bonchev–Trinajstić information content (AvgIpc) is 2.59. The van der Waals surface area contributed by atoms with E-state index in [0.717, 1.165) is 0 Å². The maximum absolute atomic E-state index is 12.4. The highest BCUT2D eigenvalue weighted by Gasteiger charge is 2.30. The Morgan fingerprint density at radius 2 is 1.92 bits per heavy atom. The van der Waals surface area contributed by atoms with E-state index in [9.17, 15) is 13.2 Å². The number of nitrogens with one attached hydrogen (secondary N) is 1. The van der Waals surface area contributed by atoms with Gasteiger partial charge in [0, 0.05) is 25.2 Å². The second-order valence-corrected chi connectivity index (χ2v) is 8.36. The maximum Gasteiger partial charge on any atom is 0.251 e. The van der Waals surface area contributed by atoms with Gasteiger partial charge < -0.3 is 14.8 Å². The lowest BCUT2D eigenvalue weighted by Crippen LogP contribution is -2.49. The number of hydrogen-bond donors (Lipinski definition) is 1. The van der Waals surface area contributed by atoms with E-state index >= 15 is 0 Å². The first-order valence-electron chi connectivity index (χ1n) is 8.57. The van der Waals surface area contributed by atoms with E-state index in [4.69, 9.17) is 9.47 Å². The lowest BCUT2D eigenvalue weighted by atomic mass is 10.2. The Morgan fingerprint density at radius 1 is 1.31 bits per heavy atom. The zero-order chi connectivity index (χ0) is 19.2. The Kier molecular flexibility index (Phi) is 7.19. The molecule has 8 heteroatoms. The monoisotopic (exact) mass is 382 g/mol. The minimum Gasteiger partial charge on any atom is -0.490 e. The molecule has 1 N–H and O–H groups in total. The van der Waals surface area contributed by atoms with Crippen LogP contribution in [0.25, 0.3) is 0 Å². The molecule has 7 nitrogen and oxygen atoms in total. The Bertz CT molecular complexity index is 708. The third kappa shape index (κ3) is 5.82. The Balaban J connectivity index is 1.84. The summed E-state index contributed by atoms with van der Waals surface area (Å²) in [5, 5.41) is 2.65. The van der Waals surface area contributed by atoms with Crippen LogP contribution in [0.15, 0.2) is 36.9 Å². The topological polar surface area (TPSA) is 84.9 Å². The minimum atomic E-state index is -3.43. The van der Waals surface area contributed by atoms with Gasteiger partial charge in [-0.05, 0) is 38.1 Å². The summed E-state index contributed by atoms with van der Waals surface area (Å²) in [6, 6.07) is 6.64. The van der Waals surface area contributed by atoms with Crippen molar-refractivity contribution in [1.82, 2.24) is 9.62 Å². The molecule has 1 aliphatic rings. The van der Waals surface area contributed by atoms with Gasteiger partial charge in [0.15, 0.2) is 0 Å². The molecule has 1 fully saturated rings. The molecule has 0 aromatic heterocycles. The molecule has 1 saturated heterocycles. The van der Waals surface area contributed by atoms with E-state index in [1.54, 1.807) is 30.3 Å². The first-order valence-corrected chi connectivity index (χ1v) is 10.2. The van der Waals surface area contributed by atoms with Crippen LogP contribution in [0.2, 0.25) is 0 Å². The molecule has 0 radical (unpaired) electrons. The highest BCUT2D eigenvalue weighted by molar-refractivity contribution is 7.89. The summed E-state index contributed by atoms with van der Waals surface area (Å²) in [4.78, 5) is 12.1. The Hall–Kier alpha value is -1.90. The third-order valence-electron chi connectivity index (χ3n) is 3.91. The van der Waals surface area contributed by atoms with Crippen molar-refractivity contribution in [2.75, 3.05) is 32.0 Å². The lowest BCUT2D eigenvalue weighted by molar-refractivity contribution is -0.0440. The van der Waals surface area contributed by atoms with Gasteiger partial charge in [-0.25, -0.2) is 8.42 Å². The number of carbonyl (C=O) groups excluding carboxylic acids is 1. The number of hydrogen-bond acceptors (Lipinski definition) is 5. The van der Waals surface area contributed by atoms with Crippen molar-refractivity contribution in [3.05, 3.63) is 42.5 Å². The number of carbonyl (C=O) groups is 1. The van der Waals surface area contributed by atoms with Gasteiger partial charge in [0.2, 0.25) is 10.0 Å². The zero-order valence-electron chi connectivity index (χ0n) is 15.2. The minimum absolute atomic E-state index is 0.0516. The van der Waals surface area contributed by atoms with Crippen LogP contribution in [0.1, 0.15) is 24.2 Å². The van der Waals surface area contributed by atoms with Gasteiger partial charge in [-0.2, -0.15) is 4.31 Å². The normalized spacial score (nSPS) is 21.2. The fraction of sp³-hybridized carbons (Fsp3) is 0.500. The number of morpholine rings is 1. The van der Waals surface area contributed by atoms with E-state index in [0.29, 0.717) is 31.0 Å². The van der Waals surface area contributed by atoms with Gasteiger partial charge in [0.05, 0.1) is 18.0 Å². The molecule has 0 bridgehead atoms. The summed E-state index contributed by atoms with van der Waals surface area (Å²) in [5.41, 5.74) is 0.446. The third-order valence-corrected chi connectivity index (χ3v) is 5.71. The van der Waals surface area contributed by atoms with Crippen LogP contribution in [0.3, 0.4) is 0 Å². The van der Waals surface area contributed by atoms with E-state index < -0.39 is 10.0 Å². The van der Waals surface area contributed by atoms with Gasteiger partial charge in [-0.1, -0.05) is 12.7 Å². The van der Waals surface area contributed by atoms with Gasteiger partial charge in [0.1, 0.15) is 12.4 Å². The number of ether oxygens (including phenoxy) is 2. The Morgan fingerprint density at radius 3 is 2.50 bits per heavy atom. The summed E-state index contributed by atoms with van der Waals surface area (Å²) in [7, 11) is -3.43. The number of rotatable bonds is 8. The molecular formula is C18H26N2O5S. The highest BCUT2D eigenvalue weighted by atomic mass is 32.2. The number of benzene rings is 1. The average molecular weight is 382 g/mol. The van der Waals surface area contributed by atoms with Crippen LogP contribution in [0.5, 0.6) is 5.75 Å². The molecule has 1 aromatic rings. The van der Waals surface area contributed by atoms with Gasteiger partial charge in [0.25, 0.3) is 5.91 Å². The molecule has 1 amide bonds. The van der Waals surface area contributed by atoms with Gasteiger partial charge in [-0.3, -0.25) is 4.79 Å². The zero-order valence-corrected chi connectivity index (χ0v) is 16.0. The molecule has 0 spiro atoms.